The molecule has 0 aliphatic heterocycles. The Morgan fingerprint density at radius 2 is 2.35 bits per heavy atom. The van der Waals surface area contributed by atoms with Crippen LogP contribution in [0.2, 0.25) is 0 Å². The molecule has 0 spiro atoms. The molecule has 0 bridgehead atoms. The van der Waals surface area contributed by atoms with Crippen LogP contribution in [-0.4, -0.2) is 43.9 Å². The van der Waals surface area contributed by atoms with E-state index < -0.39 is 7.12 Å². The van der Waals surface area contributed by atoms with Crippen molar-refractivity contribution in [2.75, 3.05) is 12.4 Å². The van der Waals surface area contributed by atoms with Gasteiger partial charge in [-0.25, -0.2) is 9.97 Å². The van der Waals surface area contributed by atoms with Gasteiger partial charge in [-0.3, -0.25) is 0 Å². The van der Waals surface area contributed by atoms with Gasteiger partial charge >= 0.3 is 7.12 Å². The predicted octanol–water partition coefficient (Wildman–Crippen LogP) is -0.129. The lowest BCUT2D eigenvalue weighted by molar-refractivity contribution is 0.332. The summed E-state index contributed by atoms with van der Waals surface area (Å²) >= 11 is 2.18. The van der Waals surface area contributed by atoms with E-state index in [9.17, 15) is 0 Å². The van der Waals surface area contributed by atoms with Crippen LogP contribution in [0.15, 0.2) is 18.6 Å². The summed E-state index contributed by atoms with van der Waals surface area (Å²) in [4.78, 5) is 8.13. The highest BCUT2D eigenvalue weighted by Crippen LogP contribution is 2.15. The number of imidazole rings is 1. The van der Waals surface area contributed by atoms with Gasteiger partial charge in [0.15, 0.2) is 5.65 Å². The topological polar surface area (TPSA) is 79.9 Å². The molecule has 0 amide bonds. The summed E-state index contributed by atoms with van der Waals surface area (Å²) < 4.78 is 7.11. The van der Waals surface area contributed by atoms with Crippen LogP contribution < -0.4 is 10.3 Å². The van der Waals surface area contributed by atoms with E-state index in [1.54, 1.807) is 25.7 Å². The van der Waals surface area contributed by atoms with Crippen molar-refractivity contribution >= 4 is 48.5 Å². The lowest BCUT2D eigenvalue weighted by atomic mass is 9.87. The Hall–Kier alpha value is -0.515. The van der Waals surface area contributed by atoms with E-state index >= 15 is 0 Å². The average Bonchev–Trinajstić information content (AvgIpc) is 2.77. The summed E-state index contributed by atoms with van der Waals surface area (Å²) in [6.07, 6.45) is 4.81. The largest absolute Gasteiger partial charge is 0.509 e. The first-order valence-corrected chi connectivity index (χ1v) is 8.31. The molecule has 2 aromatic heterocycles. The van der Waals surface area contributed by atoms with Crippen LogP contribution >= 0.6 is 30.1 Å². The van der Waals surface area contributed by atoms with E-state index in [2.05, 4.69) is 31.2 Å². The normalized spacial score (nSPS) is 10.8. The van der Waals surface area contributed by atoms with Gasteiger partial charge in [-0.05, 0) is 21.2 Å². The molecule has 0 fully saturated rings. The van der Waals surface area contributed by atoms with Crippen molar-refractivity contribution in [1.82, 2.24) is 14.4 Å². The van der Waals surface area contributed by atoms with Crippen LogP contribution in [0.5, 0.6) is 5.88 Å². The molecule has 90 valence electrons. The number of rotatable bonds is 5. The van der Waals surface area contributed by atoms with Crippen LogP contribution in [-0.2, 0) is 0 Å². The van der Waals surface area contributed by atoms with E-state index in [-0.39, 0.29) is 5.59 Å². The van der Waals surface area contributed by atoms with Gasteiger partial charge in [-0.2, -0.15) is 0 Å². The smallest absolute Gasteiger partial charge is 0.474 e. The Kier molecular flexibility index (Phi) is 4.48. The van der Waals surface area contributed by atoms with Crippen LogP contribution in [0.1, 0.15) is 0 Å². The zero-order valence-corrected chi connectivity index (χ0v) is 11.6. The van der Waals surface area contributed by atoms with Gasteiger partial charge in [-0.1, -0.05) is 8.93 Å². The number of hydrogen-bond donors (Lipinski definition) is 2. The monoisotopic (exact) mass is 365 g/mol. The second kappa shape index (κ2) is 5.89. The quantitative estimate of drug-likeness (QED) is 0.437. The van der Waals surface area contributed by atoms with Gasteiger partial charge in [0.25, 0.3) is 5.88 Å². The molecular weight excluding hydrogens is 356 g/mol. The first-order valence-electron chi connectivity index (χ1n) is 4.78. The maximum absolute atomic E-state index is 9.12. The summed E-state index contributed by atoms with van der Waals surface area (Å²) in [5.74, 6) is 1.13. The molecule has 0 atom stereocenters. The van der Waals surface area contributed by atoms with Gasteiger partial charge in [-0.15, -0.1) is 0 Å². The highest BCUT2D eigenvalue weighted by atomic mass is 127. The van der Waals surface area contributed by atoms with E-state index in [1.165, 1.54) is 6.20 Å². The molecule has 0 saturated heterocycles. The van der Waals surface area contributed by atoms with Crippen molar-refractivity contribution in [3.05, 3.63) is 18.6 Å². The highest BCUT2D eigenvalue weighted by molar-refractivity contribution is 14.2. The minimum atomic E-state index is -1.62. The highest BCUT2D eigenvalue weighted by Gasteiger charge is 2.17. The fourth-order valence-corrected chi connectivity index (χ4v) is 2.00. The average molecular weight is 365 g/mol. The molecule has 17 heavy (non-hydrogen) atoms. The number of hydrogen-bond acceptors (Lipinski definition) is 6. The number of aromatic nitrogens is 3. The molecule has 0 radical (unpaired) electrons. The molecule has 2 heterocycles. The Labute approximate surface area is 114 Å². The number of nitrogens with zero attached hydrogens (tertiary/aromatic N) is 3. The molecule has 0 aliphatic carbocycles. The third-order valence-corrected chi connectivity index (χ3v) is 3.67. The maximum Gasteiger partial charge on any atom is 0.509 e. The van der Waals surface area contributed by atoms with Crippen LogP contribution in [0, 0.1) is 0 Å². The van der Waals surface area contributed by atoms with Crippen molar-refractivity contribution < 1.29 is 14.8 Å². The predicted molar refractivity (Wildman–Crippen MR) is 74.8 cm³/mol. The van der Waals surface area contributed by atoms with Gasteiger partial charge in [0.1, 0.15) is 0 Å². The zero-order valence-electron chi connectivity index (χ0n) is 8.65. The third kappa shape index (κ3) is 3.03. The minimum Gasteiger partial charge on any atom is -0.474 e. The fourth-order valence-electron chi connectivity index (χ4n) is 1.31. The molecule has 9 heteroatoms. The molecule has 2 N–H and O–H groups in total. The second-order valence-corrected chi connectivity index (χ2v) is 5.66. The van der Waals surface area contributed by atoms with Crippen molar-refractivity contribution in [3.63, 3.8) is 0 Å². The second-order valence-electron chi connectivity index (χ2n) is 3.16. The van der Waals surface area contributed by atoms with Crippen molar-refractivity contribution in [3.8, 4) is 5.88 Å². The lowest BCUT2D eigenvalue weighted by Gasteiger charge is -2.07. The van der Waals surface area contributed by atoms with Gasteiger partial charge in [0, 0.05) is 24.3 Å². The standard InChI is InChI=1S/C8H9BIN3O3S/c10-17-4-3-16-8-7-11-1-2-13(7)5-6(12-8)9(14)15/h1-2,5,14-15H,3-4H2. The van der Waals surface area contributed by atoms with E-state index in [0.717, 1.165) is 5.75 Å². The molecule has 2 rings (SSSR count). The van der Waals surface area contributed by atoms with E-state index in [1.807, 2.05) is 0 Å². The zero-order chi connectivity index (χ0) is 12.3. The number of halogens is 1. The molecule has 0 aromatic carbocycles. The van der Waals surface area contributed by atoms with Gasteiger partial charge < -0.3 is 19.2 Å². The Morgan fingerprint density at radius 3 is 3.06 bits per heavy atom. The Morgan fingerprint density at radius 1 is 1.53 bits per heavy atom. The molecule has 6 nitrogen and oxygen atoms in total. The fraction of sp³-hybridized carbons (Fsp3) is 0.250. The molecule has 0 aliphatic rings. The van der Waals surface area contributed by atoms with E-state index in [4.69, 9.17) is 14.8 Å². The summed E-state index contributed by atoms with van der Waals surface area (Å²) in [5, 5.41) is 18.2. The minimum absolute atomic E-state index is 0.132. The third-order valence-electron chi connectivity index (χ3n) is 2.03. The van der Waals surface area contributed by atoms with Crippen LogP contribution in [0.25, 0.3) is 5.65 Å². The molecule has 2 aromatic rings. The Balaban J connectivity index is 2.33. The van der Waals surface area contributed by atoms with Gasteiger partial charge in [0.2, 0.25) is 0 Å². The summed E-state index contributed by atoms with van der Waals surface area (Å²) in [5.41, 5.74) is 0.695. The summed E-state index contributed by atoms with van der Waals surface area (Å²) in [6, 6.07) is 0. The van der Waals surface area contributed by atoms with Crippen molar-refractivity contribution in [1.29, 1.82) is 0 Å². The van der Waals surface area contributed by atoms with E-state index in [0.29, 0.717) is 18.1 Å². The maximum atomic E-state index is 9.12. The SMILES string of the molecule is OB(O)c1cn2ccnc2c(OCCSI)n1. The number of ether oxygens (including phenoxy) is 1. The Bertz CT molecular complexity index is 510. The summed E-state index contributed by atoms with van der Waals surface area (Å²) in [6.45, 7) is 0.494. The van der Waals surface area contributed by atoms with Crippen molar-refractivity contribution in [2.45, 2.75) is 0 Å². The molecule has 0 unspecified atom stereocenters. The summed E-state index contributed by atoms with van der Waals surface area (Å²) in [7, 11) is 0.00794. The van der Waals surface area contributed by atoms with Crippen LogP contribution in [0.4, 0.5) is 0 Å². The first kappa shape index (κ1) is 12.9. The first-order chi connectivity index (χ1) is 8.22. The molecule has 0 saturated carbocycles. The lowest BCUT2D eigenvalue weighted by Crippen LogP contribution is -2.34. The van der Waals surface area contributed by atoms with Gasteiger partial charge in [0.05, 0.1) is 12.2 Å². The van der Waals surface area contributed by atoms with Crippen molar-refractivity contribution in [2.24, 2.45) is 0 Å². The number of fused-ring (bicyclic) bond motifs is 1. The van der Waals surface area contributed by atoms with Crippen LogP contribution in [0.3, 0.4) is 0 Å². The molecular formula is C8H9BIN3O3S.